The van der Waals surface area contributed by atoms with Crippen LogP contribution in [0.25, 0.3) is 0 Å². The summed E-state index contributed by atoms with van der Waals surface area (Å²) in [6.45, 7) is 7.13. The van der Waals surface area contributed by atoms with Crippen molar-refractivity contribution in [2.45, 2.75) is 58.5 Å². The number of hydrogen-bond acceptors (Lipinski definition) is 3. The predicted molar refractivity (Wildman–Crippen MR) is 69.9 cm³/mol. The summed E-state index contributed by atoms with van der Waals surface area (Å²) < 4.78 is 5.30. The zero-order valence-corrected chi connectivity index (χ0v) is 11.8. The second-order valence-corrected chi connectivity index (χ2v) is 6.26. The van der Waals surface area contributed by atoms with Crippen molar-refractivity contribution in [2.75, 3.05) is 20.1 Å². The molecule has 0 atom stereocenters. The zero-order chi connectivity index (χ0) is 12.9. The molecule has 0 aromatic heterocycles. The van der Waals surface area contributed by atoms with E-state index < -0.39 is 0 Å². The maximum atomic E-state index is 11.6. The number of ether oxygens (including phenoxy) is 1. The summed E-state index contributed by atoms with van der Waals surface area (Å²) in [6, 6.07) is 0. The van der Waals surface area contributed by atoms with Crippen molar-refractivity contribution < 1.29 is 9.53 Å². The highest BCUT2D eigenvalue weighted by Gasteiger charge is 2.19. The average molecular weight is 241 g/mol. The molecule has 1 rings (SSSR count). The van der Waals surface area contributed by atoms with E-state index in [0.717, 1.165) is 12.5 Å². The Hall–Kier alpha value is -0.570. The van der Waals surface area contributed by atoms with E-state index in [2.05, 4.69) is 4.90 Å². The number of esters is 1. The third kappa shape index (κ3) is 6.67. The summed E-state index contributed by atoms with van der Waals surface area (Å²) in [5.74, 6) is 0.766. The van der Waals surface area contributed by atoms with Crippen molar-refractivity contribution in [1.29, 1.82) is 0 Å². The Labute approximate surface area is 106 Å². The van der Waals surface area contributed by atoms with Gasteiger partial charge in [0.1, 0.15) is 5.60 Å². The summed E-state index contributed by atoms with van der Waals surface area (Å²) in [5.41, 5.74) is -0.372. The molecule has 3 heteroatoms. The van der Waals surface area contributed by atoms with Crippen LogP contribution in [-0.2, 0) is 9.53 Å². The van der Waals surface area contributed by atoms with Crippen molar-refractivity contribution >= 4 is 5.97 Å². The van der Waals surface area contributed by atoms with Gasteiger partial charge in [0.2, 0.25) is 0 Å². The molecule has 1 saturated carbocycles. The van der Waals surface area contributed by atoms with Gasteiger partial charge in [0.25, 0.3) is 0 Å². The standard InChI is InChI=1S/C14H27NO2/c1-14(2,3)17-13(16)11-15(4)10-9-12-7-5-6-8-12/h12H,5-11H2,1-4H3. The molecule has 3 nitrogen and oxygen atoms in total. The predicted octanol–water partition coefficient (Wildman–Crippen LogP) is 2.84. The maximum absolute atomic E-state index is 11.6. The van der Waals surface area contributed by atoms with E-state index in [1.165, 1.54) is 32.1 Å². The van der Waals surface area contributed by atoms with Gasteiger partial charge >= 0.3 is 5.97 Å². The first-order valence-electron chi connectivity index (χ1n) is 6.77. The van der Waals surface area contributed by atoms with E-state index in [-0.39, 0.29) is 11.6 Å². The van der Waals surface area contributed by atoms with Crippen LogP contribution in [0.5, 0.6) is 0 Å². The summed E-state index contributed by atoms with van der Waals surface area (Å²) in [5, 5.41) is 0. The molecule has 0 aromatic carbocycles. The Balaban J connectivity index is 2.15. The van der Waals surface area contributed by atoms with Crippen LogP contribution in [0.3, 0.4) is 0 Å². The van der Waals surface area contributed by atoms with Crippen molar-refractivity contribution in [3.63, 3.8) is 0 Å². The fraction of sp³-hybridized carbons (Fsp3) is 0.929. The number of carbonyl (C=O) groups excluding carboxylic acids is 1. The molecule has 1 aliphatic carbocycles. The van der Waals surface area contributed by atoms with Crippen LogP contribution in [0, 0.1) is 5.92 Å². The normalized spacial score (nSPS) is 17.7. The molecule has 17 heavy (non-hydrogen) atoms. The van der Waals surface area contributed by atoms with E-state index in [1.807, 2.05) is 27.8 Å². The largest absolute Gasteiger partial charge is 0.459 e. The Morgan fingerprint density at radius 3 is 2.41 bits per heavy atom. The second-order valence-electron chi connectivity index (χ2n) is 6.26. The number of likely N-dealkylation sites (N-methyl/N-ethyl adjacent to an activating group) is 1. The SMILES string of the molecule is CN(CCC1CCCC1)CC(=O)OC(C)(C)C. The Bertz CT molecular complexity index is 239. The van der Waals surface area contributed by atoms with Crippen molar-refractivity contribution in [3.8, 4) is 0 Å². The van der Waals surface area contributed by atoms with Crippen molar-refractivity contribution in [2.24, 2.45) is 5.92 Å². The molecule has 0 aromatic rings. The minimum Gasteiger partial charge on any atom is -0.459 e. The third-order valence-electron chi connectivity index (χ3n) is 3.21. The van der Waals surface area contributed by atoms with Crippen molar-refractivity contribution in [1.82, 2.24) is 4.90 Å². The quantitative estimate of drug-likeness (QED) is 0.693. The number of hydrogen-bond donors (Lipinski definition) is 0. The first-order valence-corrected chi connectivity index (χ1v) is 6.77. The Morgan fingerprint density at radius 2 is 1.88 bits per heavy atom. The highest BCUT2D eigenvalue weighted by atomic mass is 16.6. The number of nitrogens with zero attached hydrogens (tertiary/aromatic N) is 1. The lowest BCUT2D eigenvalue weighted by molar-refractivity contribution is -0.155. The van der Waals surface area contributed by atoms with Gasteiger partial charge in [-0.3, -0.25) is 9.69 Å². The average Bonchev–Trinajstić information content (AvgIpc) is 2.63. The Kier molecular flexibility index (Phi) is 5.44. The van der Waals surface area contributed by atoms with Crippen LogP contribution < -0.4 is 0 Å². The van der Waals surface area contributed by atoms with E-state index >= 15 is 0 Å². The van der Waals surface area contributed by atoms with E-state index in [0.29, 0.717) is 6.54 Å². The van der Waals surface area contributed by atoms with Crippen LogP contribution in [0.1, 0.15) is 52.9 Å². The summed E-state index contributed by atoms with van der Waals surface area (Å²) in [4.78, 5) is 13.7. The zero-order valence-electron chi connectivity index (χ0n) is 11.8. The Morgan fingerprint density at radius 1 is 1.29 bits per heavy atom. The molecule has 0 unspecified atom stereocenters. The molecule has 0 radical (unpaired) electrons. The third-order valence-corrected chi connectivity index (χ3v) is 3.21. The topological polar surface area (TPSA) is 29.5 Å². The van der Waals surface area contributed by atoms with Gasteiger partial charge in [0, 0.05) is 0 Å². The lowest BCUT2D eigenvalue weighted by Gasteiger charge is -2.23. The first-order chi connectivity index (χ1) is 7.87. The number of carbonyl (C=O) groups is 1. The monoisotopic (exact) mass is 241 g/mol. The van der Waals surface area contributed by atoms with Gasteiger partial charge in [-0.2, -0.15) is 0 Å². The van der Waals surface area contributed by atoms with E-state index in [1.54, 1.807) is 0 Å². The van der Waals surface area contributed by atoms with Crippen LogP contribution in [-0.4, -0.2) is 36.6 Å². The van der Waals surface area contributed by atoms with Crippen molar-refractivity contribution in [3.05, 3.63) is 0 Å². The molecule has 0 amide bonds. The molecule has 1 fully saturated rings. The fourth-order valence-electron chi connectivity index (χ4n) is 2.38. The van der Waals surface area contributed by atoms with Gasteiger partial charge in [0.05, 0.1) is 6.54 Å². The molecule has 1 aliphatic rings. The van der Waals surface area contributed by atoms with E-state index in [4.69, 9.17) is 4.74 Å². The van der Waals surface area contributed by atoms with Gasteiger partial charge in [0.15, 0.2) is 0 Å². The smallest absolute Gasteiger partial charge is 0.320 e. The minimum atomic E-state index is -0.372. The van der Waals surface area contributed by atoms with Crippen LogP contribution in [0.15, 0.2) is 0 Å². The second kappa shape index (κ2) is 6.39. The highest BCUT2D eigenvalue weighted by molar-refractivity contribution is 5.72. The van der Waals surface area contributed by atoms with Gasteiger partial charge < -0.3 is 4.74 Å². The lowest BCUT2D eigenvalue weighted by Crippen LogP contribution is -2.33. The van der Waals surface area contributed by atoms with Crippen LogP contribution in [0.4, 0.5) is 0 Å². The molecular weight excluding hydrogens is 214 g/mol. The summed E-state index contributed by atoms with van der Waals surface area (Å²) in [6.07, 6.45) is 6.75. The molecule has 0 N–H and O–H groups in total. The lowest BCUT2D eigenvalue weighted by atomic mass is 10.0. The summed E-state index contributed by atoms with van der Waals surface area (Å²) in [7, 11) is 2.00. The molecule has 0 aliphatic heterocycles. The van der Waals surface area contributed by atoms with Gasteiger partial charge in [-0.25, -0.2) is 0 Å². The maximum Gasteiger partial charge on any atom is 0.320 e. The molecule has 0 saturated heterocycles. The molecule has 0 spiro atoms. The number of rotatable bonds is 5. The molecular formula is C14H27NO2. The highest BCUT2D eigenvalue weighted by Crippen LogP contribution is 2.27. The minimum absolute atomic E-state index is 0.119. The van der Waals surface area contributed by atoms with Crippen LogP contribution in [0.2, 0.25) is 0 Å². The summed E-state index contributed by atoms with van der Waals surface area (Å²) >= 11 is 0. The van der Waals surface area contributed by atoms with Gasteiger partial charge in [-0.1, -0.05) is 25.7 Å². The molecule has 100 valence electrons. The molecule has 0 bridgehead atoms. The van der Waals surface area contributed by atoms with E-state index in [9.17, 15) is 4.79 Å². The first kappa shape index (κ1) is 14.5. The molecule has 0 heterocycles. The fourth-order valence-corrected chi connectivity index (χ4v) is 2.38. The van der Waals surface area contributed by atoms with Gasteiger partial charge in [-0.15, -0.1) is 0 Å². The van der Waals surface area contributed by atoms with Gasteiger partial charge in [-0.05, 0) is 46.7 Å². The van der Waals surface area contributed by atoms with Crippen LogP contribution >= 0.6 is 0 Å².